The van der Waals surface area contributed by atoms with E-state index >= 15 is 0 Å². The smallest absolute Gasteiger partial charge is 0.314 e. The van der Waals surface area contributed by atoms with Gasteiger partial charge in [-0.05, 0) is 36.8 Å². The summed E-state index contributed by atoms with van der Waals surface area (Å²) in [5, 5.41) is 4.95. The lowest BCUT2D eigenvalue weighted by molar-refractivity contribution is -0.133. The fraction of sp³-hybridized carbons (Fsp3) is 0.263. The number of rotatable bonds is 5. The summed E-state index contributed by atoms with van der Waals surface area (Å²) < 4.78 is 35.7. The van der Waals surface area contributed by atoms with Crippen molar-refractivity contribution in [2.75, 3.05) is 41.5 Å². The Hall–Kier alpha value is -3.27. The second-order valence-corrected chi connectivity index (χ2v) is 8.28. The molecule has 1 aliphatic heterocycles. The fourth-order valence-corrected chi connectivity index (χ4v) is 4.49. The average Bonchev–Trinajstić information content (AvgIpc) is 3.07. The standard InChI is InChI=1S/C19H21N3O6S/c1-27-15-7-8-16(17(12-15)28-2)21-19(24)18(23)20-13-5-3-6-14(11-13)22-9-4-10-29(22,25)26/h3,5-8,11-12H,4,9-10H2,1-2H3,(H,20,23)(H,21,24). The van der Waals surface area contributed by atoms with E-state index in [4.69, 9.17) is 9.47 Å². The zero-order chi connectivity index (χ0) is 21.0. The van der Waals surface area contributed by atoms with Gasteiger partial charge in [0, 0.05) is 18.3 Å². The molecule has 0 unspecified atom stereocenters. The number of amides is 2. The molecular weight excluding hydrogens is 398 g/mol. The van der Waals surface area contributed by atoms with Crippen molar-refractivity contribution in [3.63, 3.8) is 0 Å². The maximum atomic E-state index is 12.3. The Balaban J connectivity index is 1.71. The molecule has 1 saturated heterocycles. The average molecular weight is 419 g/mol. The Kier molecular flexibility index (Phi) is 5.92. The molecule has 10 heteroatoms. The topological polar surface area (TPSA) is 114 Å². The SMILES string of the molecule is COc1ccc(NC(=O)C(=O)Nc2cccc(N3CCCS3(=O)=O)c2)c(OC)c1. The van der Waals surface area contributed by atoms with Gasteiger partial charge in [0.05, 0.1) is 31.3 Å². The Bertz CT molecular complexity index is 1040. The van der Waals surface area contributed by atoms with E-state index in [0.29, 0.717) is 41.5 Å². The van der Waals surface area contributed by atoms with Gasteiger partial charge in [0.25, 0.3) is 0 Å². The molecule has 0 radical (unpaired) electrons. The highest BCUT2D eigenvalue weighted by Gasteiger charge is 2.28. The van der Waals surface area contributed by atoms with Gasteiger partial charge >= 0.3 is 11.8 Å². The predicted octanol–water partition coefficient (Wildman–Crippen LogP) is 1.82. The van der Waals surface area contributed by atoms with Crippen LogP contribution in [0.4, 0.5) is 17.1 Å². The van der Waals surface area contributed by atoms with Crippen LogP contribution >= 0.6 is 0 Å². The van der Waals surface area contributed by atoms with Gasteiger partial charge in [-0.2, -0.15) is 0 Å². The van der Waals surface area contributed by atoms with Crippen LogP contribution in [0.15, 0.2) is 42.5 Å². The number of hydrogen-bond donors (Lipinski definition) is 2. The zero-order valence-corrected chi connectivity index (χ0v) is 16.8. The van der Waals surface area contributed by atoms with Crippen LogP contribution in [0.25, 0.3) is 0 Å². The Morgan fingerprint density at radius 2 is 1.76 bits per heavy atom. The Morgan fingerprint density at radius 3 is 2.41 bits per heavy atom. The molecule has 1 aliphatic rings. The molecule has 1 heterocycles. The molecule has 9 nitrogen and oxygen atoms in total. The van der Waals surface area contributed by atoms with E-state index in [1.54, 1.807) is 36.4 Å². The fourth-order valence-electron chi connectivity index (χ4n) is 2.94. The van der Waals surface area contributed by atoms with Crippen molar-refractivity contribution in [1.82, 2.24) is 0 Å². The number of carbonyl (C=O) groups excluding carboxylic acids is 2. The number of hydrogen-bond acceptors (Lipinski definition) is 6. The first kappa shape index (κ1) is 20.5. The van der Waals surface area contributed by atoms with E-state index in [9.17, 15) is 18.0 Å². The largest absolute Gasteiger partial charge is 0.497 e. The van der Waals surface area contributed by atoms with Gasteiger partial charge in [-0.15, -0.1) is 0 Å². The number of sulfonamides is 1. The van der Waals surface area contributed by atoms with Crippen molar-refractivity contribution in [2.45, 2.75) is 6.42 Å². The van der Waals surface area contributed by atoms with E-state index in [1.807, 2.05) is 0 Å². The Morgan fingerprint density at radius 1 is 1.00 bits per heavy atom. The molecule has 3 rings (SSSR count). The second-order valence-electron chi connectivity index (χ2n) is 6.27. The zero-order valence-electron chi connectivity index (χ0n) is 16.0. The molecule has 0 saturated carbocycles. The van der Waals surface area contributed by atoms with Crippen molar-refractivity contribution in [1.29, 1.82) is 0 Å². The summed E-state index contributed by atoms with van der Waals surface area (Å²) in [6.45, 7) is 0.386. The molecule has 1 fully saturated rings. The molecular formula is C19H21N3O6S. The number of methoxy groups -OCH3 is 2. The van der Waals surface area contributed by atoms with Gasteiger partial charge in [0.1, 0.15) is 11.5 Å². The van der Waals surface area contributed by atoms with Crippen LogP contribution in [0.5, 0.6) is 11.5 Å². The quantitative estimate of drug-likeness (QED) is 0.715. The summed E-state index contributed by atoms with van der Waals surface area (Å²) in [4.78, 5) is 24.5. The third-order valence-electron chi connectivity index (χ3n) is 4.35. The molecule has 0 atom stereocenters. The highest BCUT2D eigenvalue weighted by molar-refractivity contribution is 7.93. The van der Waals surface area contributed by atoms with Gasteiger partial charge in [-0.1, -0.05) is 6.07 Å². The van der Waals surface area contributed by atoms with Crippen LogP contribution < -0.4 is 24.4 Å². The summed E-state index contributed by atoms with van der Waals surface area (Å²) in [6.07, 6.45) is 0.547. The van der Waals surface area contributed by atoms with Gasteiger partial charge in [0.2, 0.25) is 10.0 Å². The maximum Gasteiger partial charge on any atom is 0.314 e. The second kappa shape index (κ2) is 8.39. The molecule has 2 N–H and O–H groups in total. The first-order valence-electron chi connectivity index (χ1n) is 8.79. The molecule has 0 aliphatic carbocycles. The predicted molar refractivity (Wildman–Crippen MR) is 109 cm³/mol. The van der Waals surface area contributed by atoms with Crippen LogP contribution in [-0.4, -0.2) is 46.7 Å². The third-order valence-corrected chi connectivity index (χ3v) is 6.22. The van der Waals surface area contributed by atoms with E-state index in [2.05, 4.69) is 10.6 Å². The molecule has 154 valence electrons. The number of nitrogens with zero attached hydrogens (tertiary/aromatic N) is 1. The van der Waals surface area contributed by atoms with Crippen LogP contribution in [0.2, 0.25) is 0 Å². The molecule has 2 amide bonds. The number of nitrogens with one attached hydrogen (secondary N) is 2. The van der Waals surface area contributed by atoms with Gasteiger partial charge in [0.15, 0.2) is 0 Å². The van der Waals surface area contributed by atoms with Crippen molar-refractivity contribution in [2.24, 2.45) is 0 Å². The van der Waals surface area contributed by atoms with Gasteiger partial charge in [-0.3, -0.25) is 13.9 Å². The van der Waals surface area contributed by atoms with Crippen LogP contribution in [-0.2, 0) is 19.6 Å². The van der Waals surface area contributed by atoms with Crippen molar-refractivity contribution in [3.05, 3.63) is 42.5 Å². The minimum Gasteiger partial charge on any atom is -0.497 e. The molecule has 2 aromatic carbocycles. The number of benzene rings is 2. The first-order valence-corrected chi connectivity index (χ1v) is 10.4. The normalized spacial score (nSPS) is 14.9. The summed E-state index contributed by atoms with van der Waals surface area (Å²) >= 11 is 0. The monoisotopic (exact) mass is 419 g/mol. The van der Waals surface area contributed by atoms with Crippen molar-refractivity contribution >= 4 is 38.9 Å². The lowest BCUT2D eigenvalue weighted by atomic mass is 10.2. The van der Waals surface area contributed by atoms with E-state index < -0.39 is 21.8 Å². The molecule has 0 spiro atoms. The van der Waals surface area contributed by atoms with Crippen molar-refractivity contribution in [3.8, 4) is 11.5 Å². The maximum absolute atomic E-state index is 12.3. The van der Waals surface area contributed by atoms with Crippen LogP contribution in [0.3, 0.4) is 0 Å². The summed E-state index contributed by atoms with van der Waals surface area (Å²) in [5.41, 5.74) is 1.06. The van der Waals surface area contributed by atoms with Gasteiger partial charge in [-0.25, -0.2) is 8.42 Å². The number of carbonyl (C=O) groups is 2. The highest BCUT2D eigenvalue weighted by Crippen LogP contribution is 2.29. The van der Waals surface area contributed by atoms with Crippen LogP contribution in [0.1, 0.15) is 6.42 Å². The van der Waals surface area contributed by atoms with Crippen LogP contribution in [0, 0.1) is 0 Å². The van der Waals surface area contributed by atoms with E-state index in [-0.39, 0.29) is 5.75 Å². The van der Waals surface area contributed by atoms with E-state index in [1.165, 1.54) is 24.6 Å². The minimum atomic E-state index is -3.34. The molecule has 0 aromatic heterocycles. The van der Waals surface area contributed by atoms with Crippen molar-refractivity contribution < 1.29 is 27.5 Å². The first-order chi connectivity index (χ1) is 13.8. The summed E-state index contributed by atoms with van der Waals surface area (Å²) in [7, 11) is -0.404. The third kappa shape index (κ3) is 4.60. The van der Waals surface area contributed by atoms with E-state index in [0.717, 1.165) is 0 Å². The molecule has 0 bridgehead atoms. The summed E-state index contributed by atoms with van der Waals surface area (Å²) in [5.74, 6) is -0.822. The lowest BCUT2D eigenvalue weighted by Crippen LogP contribution is -2.29. The highest BCUT2D eigenvalue weighted by atomic mass is 32.2. The van der Waals surface area contributed by atoms with Gasteiger partial charge < -0.3 is 20.1 Å². The number of ether oxygens (including phenoxy) is 2. The number of anilines is 3. The summed E-state index contributed by atoms with van der Waals surface area (Å²) in [6, 6.07) is 11.1. The minimum absolute atomic E-state index is 0.0929. The molecule has 2 aromatic rings. The lowest BCUT2D eigenvalue weighted by Gasteiger charge is -2.17. The Labute approximate surface area is 168 Å². The molecule has 29 heavy (non-hydrogen) atoms.